The van der Waals surface area contributed by atoms with Gasteiger partial charge in [-0.05, 0) is 18.6 Å². The molecule has 0 spiro atoms. The number of nitrogens with zero attached hydrogens (tertiary/aromatic N) is 1. The highest BCUT2D eigenvalue weighted by Gasteiger charge is 2.05. The molecule has 2 aromatic rings. The molecule has 0 unspecified atom stereocenters. The summed E-state index contributed by atoms with van der Waals surface area (Å²) in [5, 5.41) is 6.58. The Morgan fingerprint density at radius 2 is 2.16 bits per heavy atom. The number of amides is 2. The van der Waals surface area contributed by atoms with Crippen molar-refractivity contribution in [2.24, 2.45) is 0 Å². The number of carbonyl (C=O) groups is 1. The van der Waals surface area contributed by atoms with Crippen LogP contribution in [0.3, 0.4) is 0 Å². The number of nitrogens with one attached hydrogen (secondary N) is 2. The van der Waals surface area contributed by atoms with E-state index in [1.54, 1.807) is 13.3 Å². The van der Waals surface area contributed by atoms with Gasteiger partial charge in [-0.15, -0.1) is 0 Å². The van der Waals surface area contributed by atoms with Crippen molar-refractivity contribution in [2.75, 3.05) is 25.6 Å². The number of methoxy groups -OCH3 is 1. The van der Waals surface area contributed by atoms with Crippen LogP contribution in [0.1, 0.15) is 6.42 Å². The molecule has 1 aromatic carbocycles. The fourth-order valence-corrected chi connectivity index (χ4v) is 1.79. The highest BCUT2D eigenvalue weighted by Crippen LogP contribution is 2.20. The summed E-state index contributed by atoms with van der Waals surface area (Å²) in [7, 11) is 1.64. The molecule has 1 heterocycles. The third-order valence-electron chi connectivity index (χ3n) is 2.69. The van der Waals surface area contributed by atoms with E-state index in [0.29, 0.717) is 18.8 Å². The molecule has 0 saturated heterocycles. The SMILES string of the molecule is COCCCNC(=O)Nc1cccc2cccnc12. The number of anilines is 1. The van der Waals surface area contributed by atoms with E-state index in [4.69, 9.17) is 4.74 Å². The van der Waals surface area contributed by atoms with Crippen molar-refractivity contribution in [2.45, 2.75) is 6.42 Å². The highest BCUT2D eigenvalue weighted by atomic mass is 16.5. The molecule has 19 heavy (non-hydrogen) atoms. The van der Waals surface area contributed by atoms with Crippen molar-refractivity contribution in [3.63, 3.8) is 0 Å². The molecule has 0 aliphatic rings. The standard InChI is InChI=1S/C14H17N3O2/c1-19-10-4-9-16-14(18)17-12-7-2-5-11-6-3-8-15-13(11)12/h2-3,5-8H,4,9-10H2,1H3,(H2,16,17,18). The maximum Gasteiger partial charge on any atom is 0.319 e. The minimum absolute atomic E-state index is 0.228. The smallest absolute Gasteiger partial charge is 0.319 e. The lowest BCUT2D eigenvalue weighted by Gasteiger charge is -2.09. The maximum atomic E-state index is 11.7. The summed E-state index contributed by atoms with van der Waals surface area (Å²) in [4.78, 5) is 16.0. The van der Waals surface area contributed by atoms with Crippen LogP contribution in [0.25, 0.3) is 10.9 Å². The Bertz CT molecular complexity index is 552. The molecular weight excluding hydrogens is 242 g/mol. The first kappa shape index (κ1) is 13.3. The van der Waals surface area contributed by atoms with Crippen molar-refractivity contribution < 1.29 is 9.53 Å². The van der Waals surface area contributed by atoms with Crippen LogP contribution in [-0.4, -0.2) is 31.3 Å². The average Bonchev–Trinajstić information content (AvgIpc) is 2.44. The molecule has 0 fully saturated rings. The van der Waals surface area contributed by atoms with Crippen molar-refractivity contribution in [1.29, 1.82) is 0 Å². The summed E-state index contributed by atoms with van der Waals surface area (Å²) in [6.45, 7) is 1.22. The molecule has 2 rings (SSSR count). The Kier molecular flexibility index (Phi) is 4.69. The normalized spacial score (nSPS) is 10.4. The number of ether oxygens (including phenoxy) is 1. The van der Waals surface area contributed by atoms with Crippen molar-refractivity contribution in [1.82, 2.24) is 10.3 Å². The first-order valence-electron chi connectivity index (χ1n) is 6.19. The second kappa shape index (κ2) is 6.70. The monoisotopic (exact) mass is 259 g/mol. The van der Waals surface area contributed by atoms with Crippen LogP contribution in [0.15, 0.2) is 36.5 Å². The van der Waals surface area contributed by atoms with E-state index >= 15 is 0 Å². The molecule has 100 valence electrons. The topological polar surface area (TPSA) is 63.2 Å². The number of benzene rings is 1. The first-order valence-corrected chi connectivity index (χ1v) is 6.19. The fraction of sp³-hybridized carbons (Fsp3) is 0.286. The van der Waals surface area contributed by atoms with Crippen LogP contribution < -0.4 is 10.6 Å². The summed E-state index contributed by atoms with van der Waals surface area (Å²) >= 11 is 0. The van der Waals surface area contributed by atoms with Gasteiger partial charge < -0.3 is 15.4 Å². The summed E-state index contributed by atoms with van der Waals surface area (Å²) in [5.74, 6) is 0. The van der Waals surface area contributed by atoms with Gasteiger partial charge in [0.15, 0.2) is 0 Å². The van der Waals surface area contributed by atoms with Crippen LogP contribution in [0, 0.1) is 0 Å². The number of urea groups is 1. The quantitative estimate of drug-likeness (QED) is 0.810. The van der Waals surface area contributed by atoms with Crippen molar-refractivity contribution >= 4 is 22.6 Å². The Morgan fingerprint density at radius 3 is 3.00 bits per heavy atom. The molecule has 0 saturated carbocycles. The minimum Gasteiger partial charge on any atom is -0.385 e. The Morgan fingerprint density at radius 1 is 1.32 bits per heavy atom. The van der Waals surface area contributed by atoms with E-state index in [1.807, 2.05) is 30.3 Å². The second-order valence-electron chi connectivity index (χ2n) is 4.11. The molecule has 2 N–H and O–H groups in total. The molecule has 0 atom stereocenters. The lowest BCUT2D eigenvalue weighted by atomic mass is 10.2. The number of aromatic nitrogens is 1. The predicted octanol–water partition coefficient (Wildman–Crippen LogP) is 2.39. The number of fused-ring (bicyclic) bond motifs is 1. The van der Waals surface area contributed by atoms with Crippen molar-refractivity contribution in [3.05, 3.63) is 36.5 Å². The number of carbonyl (C=O) groups excluding carboxylic acids is 1. The molecule has 0 aliphatic carbocycles. The molecule has 0 bridgehead atoms. The number of para-hydroxylation sites is 1. The van der Waals surface area contributed by atoms with Gasteiger partial charge in [-0.1, -0.05) is 18.2 Å². The molecular formula is C14H17N3O2. The largest absolute Gasteiger partial charge is 0.385 e. The van der Waals surface area contributed by atoms with Crippen LogP contribution in [0.4, 0.5) is 10.5 Å². The number of hydrogen-bond donors (Lipinski definition) is 2. The van der Waals surface area contributed by atoms with Gasteiger partial charge in [0.25, 0.3) is 0 Å². The van der Waals surface area contributed by atoms with Crippen molar-refractivity contribution in [3.8, 4) is 0 Å². The molecule has 2 amide bonds. The van der Waals surface area contributed by atoms with Gasteiger partial charge in [0.1, 0.15) is 0 Å². The summed E-state index contributed by atoms with van der Waals surface area (Å²) in [5.41, 5.74) is 1.50. The third-order valence-corrected chi connectivity index (χ3v) is 2.69. The van der Waals surface area contributed by atoms with Gasteiger partial charge in [0.2, 0.25) is 0 Å². The van der Waals surface area contributed by atoms with Crippen LogP contribution >= 0.6 is 0 Å². The van der Waals surface area contributed by atoms with E-state index in [0.717, 1.165) is 17.3 Å². The maximum absolute atomic E-state index is 11.7. The zero-order valence-corrected chi connectivity index (χ0v) is 10.8. The minimum atomic E-state index is -0.228. The van der Waals surface area contributed by atoms with Gasteiger partial charge in [0, 0.05) is 31.8 Å². The first-order chi connectivity index (χ1) is 9.31. The summed E-state index contributed by atoms with van der Waals surface area (Å²) in [6, 6.07) is 9.30. The zero-order valence-electron chi connectivity index (χ0n) is 10.8. The predicted molar refractivity (Wildman–Crippen MR) is 75.3 cm³/mol. The van der Waals surface area contributed by atoms with Crippen LogP contribution in [0.5, 0.6) is 0 Å². The van der Waals surface area contributed by atoms with E-state index in [1.165, 1.54) is 0 Å². The summed E-state index contributed by atoms with van der Waals surface area (Å²) < 4.78 is 4.92. The molecule has 5 heteroatoms. The Balaban J connectivity index is 1.99. The van der Waals surface area contributed by atoms with Gasteiger partial charge in [-0.2, -0.15) is 0 Å². The van der Waals surface area contributed by atoms with E-state index < -0.39 is 0 Å². The second-order valence-corrected chi connectivity index (χ2v) is 4.11. The number of pyridine rings is 1. The lowest BCUT2D eigenvalue weighted by Crippen LogP contribution is -2.30. The highest BCUT2D eigenvalue weighted by molar-refractivity contribution is 5.99. The van der Waals surface area contributed by atoms with Crippen LogP contribution in [0.2, 0.25) is 0 Å². The molecule has 1 aromatic heterocycles. The van der Waals surface area contributed by atoms with E-state index in [-0.39, 0.29) is 6.03 Å². The Hall–Kier alpha value is -2.14. The average molecular weight is 259 g/mol. The zero-order chi connectivity index (χ0) is 13.5. The number of hydrogen-bond acceptors (Lipinski definition) is 3. The molecule has 5 nitrogen and oxygen atoms in total. The van der Waals surface area contributed by atoms with Gasteiger partial charge in [-0.25, -0.2) is 4.79 Å². The van der Waals surface area contributed by atoms with Gasteiger partial charge in [0.05, 0.1) is 11.2 Å². The number of rotatable bonds is 5. The fourth-order valence-electron chi connectivity index (χ4n) is 1.79. The van der Waals surface area contributed by atoms with Gasteiger partial charge in [-0.3, -0.25) is 4.98 Å². The van der Waals surface area contributed by atoms with E-state index in [9.17, 15) is 4.79 Å². The lowest BCUT2D eigenvalue weighted by molar-refractivity contribution is 0.194. The van der Waals surface area contributed by atoms with Crippen LogP contribution in [-0.2, 0) is 4.74 Å². The van der Waals surface area contributed by atoms with E-state index in [2.05, 4.69) is 15.6 Å². The Labute approximate surface area is 112 Å². The third kappa shape index (κ3) is 3.66. The van der Waals surface area contributed by atoms with Gasteiger partial charge >= 0.3 is 6.03 Å². The molecule has 0 radical (unpaired) electrons. The molecule has 0 aliphatic heterocycles. The summed E-state index contributed by atoms with van der Waals surface area (Å²) in [6.07, 6.45) is 2.50.